The van der Waals surface area contributed by atoms with E-state index in [1.54, 1.807) is 0 Å². The molecule has 1 saturated heterocycles. The smallest absolute Gasteiger partial charge is 0.0244 e. The molecule has 1 aliphatic heterocycles. The van der Waals surface area contributed by atoms with Gasteiger partial charge in [0, 0.05) is 31.7 Å². The Labute approximate surface area is 126 Å². The molecule has 1 N–H and O–H groups in total. The fraction of sp³-hybridized carbons (Fsp3) is 1.00. The predicted molar refractivity (Wildman–Crippen MR) is 88.1 cm³/mol. The molecule has 0 amide bonds. The lowest BCUT2D eigenvalue weighted by Gasteiger charge is -2.48. The Morgan fingerprint density at radius 1 is 1.15 bits per heavy atom. The number of hydrogen-bond donors (Lipinski definition) is 1. The molecule has 0 aromatic heterocycles. The van der Waals surface area contributed by atoms with Crippen molar-refractivity contribution < 1.29 is 0 Å². The highest BCUT2D eigenvalue weighted by atomic mass is 15.2. The van der Waals surface area contributed by atoms with Crippen molar-refractivity contribution in [1.82, 2.24) is 10.2 Å². The second-order valence-electron chi connectivity index (χ2n) is 8.38. The molecule has 0 spiro atoms. The third kappa shape index (κ3) is 3.57. The monoisotopic (exact) mass is 280 g/mol. The molecule has 0 aromatic rings. The largest absolute Gasteiger partial charge is 0.311 e. The van der Waals surface area contributed by atoms with Crippen molar-refractivity contribution in [1.29, 1.82) is 0 Å². The van der Waals surface area contributed by atoms with E-state index in [0.717, 1.165) is 6.04 Å². The van der Waals surface area contributed by atoms with Crippen LogP contribution in [0.3, 0.4) is 0 Å². The van der Waals surface area contributed by atoms with E-state index >= 15 is 0 Å². The van der Waals surface area contributed by atoms with Gasteiger partial charge in [-0.2, -0.15) is 0 Å². The van der Waals surface area contributed by atoms with Gasteiger partial charge in [0.15, 0.2) is 0 Å². The van der Waals surface area contributed by atoms with E-state index in [4.69, 9.17) is 0 Å². The van der Waals surface area contributed by atoms with E-state index in [1.165, 1.54) is 58.2 Å². The van der Waals surface area contributed by atoms with Crippen molar-refractivity contribution in [2.75, 3.05) is 19.6 Å². The van der Waals surface area contributed by atoms with Gasteiger partial charge in [-0.25, -0.2) is 0 Å². The molecule has 2 unspecified atom stereocenters. The van der Waals surface area contributed by atoms with Crippen LogP contribution in [0.15, 0.2) is 0 Å². The van der Waals surface area contributed by atoms with Crippen LogP contribution in [0.25, 0.3) is 0 Å². The minimum Gasteiger partial charge on any atom is -0.311 e. The summed E-state index contributed by atoms with van der Waals surface area (Å²) in [6, 6.07) is 1.39. The second-order valence-corrected chi connectivity index (χ2v) is 8.38. The molecule has 20 heavy (non-hydrogen) atoms. The Balaban J connectivity index is 2.05. The lowest BCUT2D eigenvalue weighted by molar-refractivity contribution is 0.0423. The van der Waals surface area contributed by atoms with Crippen molar-refractivity contribution in [2.24, 2.45) is 10.8 Å². The summed E-state index contributed by atoms with van der Waals surface area (Å²) in [6.45, 7) is 15.7. The van der Waals surface area contributed by atoms with Crippen LogP contribution in [0.2, 0.25) is 0 Å². The molecule has 2 fully saturated rings. The molecule has 0 bridgehead atoms. The van der Waals surface area contributed by atoms with Crippen molar-refractivity contribution in [3.8, 4) is 0 Å². The highest BCUT2D eigenvalue weighted by Gasteiger charge is 2.39. The van der Waals surface area contributed by atoms with Crippen LogP contribution in [0.5, 0.6) is 0 Å². The Hall–Kier alpha value is -0.0800. The molecule has 2 nitrogen and oxygen atoms in total. The second kappa shape index (κ2) is 6.36. The summed E-state index contributed by atoms with van der Waals surface area (Å²) in [6.07, 6.45) is 8.49. The van der Waals surface area contributed by atoms with Gasteiger partial charge in [0.25, 0.3) is 0 Å². The van der Waals surface area contributed by atoms with E-state index in [9.17, 15) is 0 Å². The lowest BCUT2D eigenvalue weighted by atomic mass is 9.80. The maximum atomic E-state index is 3.80. The molecule has 2 aliphatic rings. The number of nitrogens with zero attached hydrogens (tertiary/aromatic N) is 1. The zero-order valence-electron chi connectivity index (χ0n) is 14.5. The number of hydrogen-bond acceptors (Lipinski definition) is 2. The quantitative estimate of drug-likeness (QED) is 0.835. The van der Waals surface area contributed by atoms with Crippen LogP contribution in [-0.2, 0) is 0 Å². The van der Waals surface area contributed by atoms with Crippen molar-refractivity contribution in [3.05, 3.63) is 0 Å². The first kappa shape index (κ1) is 16.3. The standard InChI is InChI=1S/C18H36N2/c1-6-15-12-19-16(17(3,4)5)13-20(15)14-18(7-2)10-8-9-11-18/h15-16,19H,6-14H2,1-5H3. The Morgan fingerprint density at radius 2 is 1.80 bits per heavy atom. The van der Waals surface area contributed by atoms with Crippen molar-refractivity contribution in [3.63, 3.8) is 0 Å². The zero-order chi connectivity index (χ0) is 14.8. The van der Waals surface area contributed by atoms with Gasteiger partial charge in [-0.3, -0.25) is 4.90 Å². The zero-order valence-corrected chi connectivity index (χ0v) is 14.5. The number of nitrogens with one attached hydrogen (secondary N) is 1. The minimum atomic E-state index is 0.367. The summed E-state index contributed by atoms with van der Waals surface area (Å²) in [5.41, 5.74) is 0.999. The van der Waals surface area contributed by atoms with E-state index in [1.807, 2.05) is 0 Å². The first-order chi connectivity index (χ1) is 9.40. The lowest BCUT2D eigenvalue weighted by Crippen LogP contribution is -2.61. The van der Waals surface area contributed by atoms with Gasteiger partial charge < -0.3 is 5.32 Å². The van der Waals surface area contributed by atoms with Gasteiger partial charge in [0.2, 0.25) is 0 Å². The Morgan fingerprint density at radius 3 is 2.30 bits per heavy atom. The minimum absolute atomic E-state index is 0.367. The van der Waals surface area contributed by atoms with E-state index < -0.39 is 0 Å². The molecule has 2 atom stereocenters. The molecule has 0 radical (unpaired) electrons. The van der Waals surface area contributed by atoms with Gasteiger partial charge in [0.1, 0.15) is 0 Å². The van der Waals surface area contributed by atoms with Gasteiger partial charge >= 0.3 is 0 Å². The summed E-state index contributed by atoms with van der Waals surface area (Å²) in [5.74, 6) is 0. The molecule has 1 saturated carbocycles. The topological polar surface area (TPSA) is 15.3 Å². The van der Waals surface area contributed by atoms with Crippen LogP contribution in [-0.4, -0.2) is 36.6 Å². The molecule has 118 valence electrons. The SMILES string of the molecule is CCC1CNC(C(C)(C)C)CN1CC1(CC)CCCC1. The highest BCUT2D eigenvalue weighted by molar-refractivity contribution is 4.95. The van der Waals surface area contributed by atoms with E-state index in [-0.39, 0.29) is 0 Å². The van der Waals surface area contributed by atoms with Gasteiger partial charge in [-0.1, -0.05) is 47.5 Å². The van der Waals surface area contributed by atoms with Crippen molar-refractivity contribution in [2.45, 2.75) is 85.2 Å². The molecule has 2 heteroatoms. The van der Waals surface area contributed by atoms with Gasteiger partial charge in [0.05, 0.1) is 0 Å². The van der Waals surface area contributed by atoms with Gasteiger partial charge in [-0.05, 0) is 36.5 Å². The normalized spacial score (nSPS) is 31.6. The van der Waals surface area contributed by atoms with E-state index in [0.29, 0.717) is 16.9 Å². The maximum absolute atomic E-state index is 3.80. The summed E-state index contributed by atoms with van der Waals surface area (Å²) in [5, 5.41) is 3.80. The molecular formula is C18H36N2. The first-order valence-electron chi connectivity index (χ1n) is 8.87. The van der Waals surface area contributed by atoms with Crippen LogP contribution in [0.4, 0.5) is 0 Å². The third-order valence-electron chi connectivity index (χ3n) is 6.00. The molecule has 1 aliphatic carbocycles. The van der Waals surface area contributed by atoms with Crippen LogP contribution < -0.4 is 5.32 Å². The molecular weight excluding hydrogens is 244 g/mol. The van der Waals surface area contributed by atoms with E-state index in [2.05, 4.69) is 44.8 Å². The Bertz CT molecular complexity index is 299. The molecule has 2 rings (SSSR count). The molecule has 0 aromatic carbocycles. The third-order valence-corrected chi connectivity index (χ3v) is 6.00. The summed E-state index contributed by atoms with van der Waals surface area (Å²) in [7, 11) is 0. The number of rotatable bonds is 4. The fourth-order valence-electron chi connectivity index (χ4n) is 4.21. The van der Waals surface area contributed by atoms with Crippen LogP contribution in [0, 0.1) is 10.8 Å². The first-order valence-corrected chi connectivity index (χ1v) is 8.87. The summed E-state index contributed by atoms with van der Waals surface area (Å²) in [4.78, 5) is 2.83. The number of piperazine rings is 1. The Kier molecular flexibility index (Phi) is 5.18. The summed E-state index contributed by atoms with van der Waals surface area (Å²) >= 11 is 0. The maximum Gasteiger partial charge on any atom is 0.0244 e. The van der Waals surface area contributed by atoms with Crippen LogP contribution >= 0.6 is 0 Å². The van der Waals surface area contributed by atoms with Gasteiger partial charge in [-0.15, -0.1) is 0 Å². The average molecular weight is 280 g/mol. The average Bonchev–Trinajstić information content (AvgIpc) is 2.87. The summed E-state index contributed by atoms with van der Waals surface area (Å²) < 4.78 is 0. The van der Waals surface area contributed by atoms with Crippen LogP contribution in [0.1, 0.15) is 73.1 Å². The molecule has 1 heterocycles. The predicted octanol–water partition coefficient (Wildman–Crippen LogP) is 4.06. The van der Waals surface area contributed by atoms with Crippen molar-refractivity contribution >= 4 is 0 Å². The fourth-order valence-corrected chi connectivity index (χ4v) is 4.21. The highest BCUT2D eigenvalue weighted by Crippen LogP contribution is 2.42.